The Balaban J connectivity index is 1.69. The second kappa shape index (κ2) is 5.88. The van der Waals surface area contributed by atoms with Crippen LogP contribution in [0.4, 0.5) is 0 Å². The van der Waals surface area contributed by atoms with Gasteiger partial charge < -0.3 is 19.7 Å². The van der Waals surface area contributed by atoms with E-state index in [1.165, 1.54) is 6.20 Å². The fraction of sp³-hybridized carbons (Fsp3) is 0.583. The number of amides is 2. The molecule has 2 amide bonds. The average Bonchev–Trinajstić information content (AvgIpc) is 2.92. The number of aromatic nitrogens is 1. The maximum absolute atomic E-state index is 12.1. The Kier molecular flexibility index (Phi) is 4.12. The van der Waals surface area contributed by atoms with E-state index in [9.17, 15) is 9.59 Å². The van der Waals surface area contributed by atoms with Gasteiger partial charge in [-0.1, -0.05) is 22.9 Å². The zero-order chi connectivity index (χ0) is 14.9. The van der Waals surface area contributed by atoms with Crippen molar-refractivity contribution in [3.8, 4) is 0 Å². The fourth-order valence-electron chi connectivity index (χ4n) is 2.54. The Morgan fingerprint density at radius 3 is 3.10 bits per heavy atom. The molecule has 7 nitrogen and oxygen atoms in total. The van der Waals surface area contributed by atoms with E-state index in [2.05, 4.69) is 10.3 Å². The Morgan fingerprint density at radius 1 is 1.52 bits per heavy atom. The molecule has 0 aromatic carbocycles. The first-order chi connectivity index (χ1) is 10.1. The van der Waals surface area contributed by atoms with Gasteiger partial charge in [0.15, 0.2) is 4.47 Å². The number of nitrogens with zero attached hydrogens (tertiary/aromatic N) is 2. The average molecular weight is 332 g/mol. The van der Waals surface area contributed by atoms with E-state index < -0.39 is 5.54 Å². The fourth-order valence-corrected chi connectivity index (χ4v) is 3.39. The Hall–Kier alpha value is -1.22. The second-order valence-corrected chi connectivity index (χ2v) is 6.59. The van der Waals surface area contributed by atoms with E-state index >= 15 is 0 Å². The molecule has 0 bridgehead atoms. The molecule has 2 saturated heterocycles. The minimum Gasteiger partial charge on any atom is -0.377 e. The van der Waals surface area contributed by atoms with Gasteiger partial charge in [0, 0.05) is 13.1 Å². The summed E-state index contributed by atoms with van der Waals surface area (Å²) in [5, 5.41) is 2.81. The summed E-state index contributed by atoms with van der Waals surface area (Å²) in [6.07, 6.45) is 1.43. The lowest BCUT2D eigenvalue weighted by atomic mass is 9.96. The third-order valence-corrected chi connectivity index (χ3v) is 4.69. The largest absolute Gasteiger partial charge is 0.377 e. The molecule has 3 heterocycles. The lowest BCUT2D eigenvalue weighted by Crippen LogP contribution is -2.69. The predicted octanol–water partition coefficient (Wildman–Crippen LogP) is 0.154. The van der Waals surface area contributed by atoms with Crippen LogP contribution in [-0.2, 0) is 14.3 Å². The summed E-state index contributed by atoms with van der Waals surface area (Å²) in [7, 11) is 0. The van der Waals surface area contributed by atoms with Gasteiger partial charge in [0.2, 0.25) is 5.91 Å². The summed E-state index contributed by atoms with van der Waals surface area (Å²) >= 11 is 6.83. The third-order valence-electron chi connectivity index (χ3n) is 3.58. The van der Waals surface area contributed by atoms with Crippen LogP contribution in [0.3, 0.4) is 0 Å². The number of hydrogen-bond acceptors (Lipinski definition) is 6. The minimum atomic E-state index is -0.627. The van der Waals surface area contributed by atoms with Gasteiger partial charge in [-0.2, -0.15) is 0 Å². The second-order valence-electron chi connectivity index (χ2n) is 4.98. The van der Waals surface area contributed by atoms with Crippen molar-refractivity contribution >= 4 is 34.8 Å². The minimum absolute atomic E-state index is 0.0698. The van der Waals surface area contributed by atoms with E-state index in [1.807, 2.05) is 0 Å². The monoisotopic (exact) mass is 331 g/mol. The van der Waals surface area contributed by atoms with Crippen molar-refractivity contribution in [3.63, 3.8) is 0 Å². The highest BCUT2D eigenvalue weighted by atomic mass is 35.5. The van der Waals surface area contributed by atoms with Gasteiger partial charge in [0.1, 0.15) is 17.0 Å². The molecule has 1 N–H and O–H groups in total. The SMILES string of the molecule is O=C(NCC12COCCN1C(=O)COC2)c1cnc(Cl)s1. The molecule has 1 aromatic heterocycles. The molecule has 0 spiro atoms. The number of fused-ring (bicyclic) bond motifs is 1. The van der Waals surface area contributed by atoms with E-state index in [0.29, 0.717) is 35.7 Å². The van der Waals surface area contributed by atoms with Crippen molar-refractivity contribution in [2.24, 2.45) is 0 Å². The summed E-state index contributed by atoms with van der Waals surface area (Å²) in [4.78, 5) is 30.0. The number of morpholine rings is 2. The normalized spacial score (nSPS) is 25.6. The van der Waals surface area contributed by atoms with Gasteiger partial charge in [-0.15, -0.1) is 0 Å². The standard InChI is InChI=1S/C12H14ClN3O4S/c13-11-14-3-8(21-11)10(18)15-5-12-6-19-2-1-16(12)9(17)4-20-7-12/h3H,1-2,4-7H2,(H,15,18). The Bertz CT molecular complexity index is 562. The molecule has 1 unspecified atom stereocenters. The number of nitrogens with one attached hydrogen (secondary N) is 1. The molecule has 1 aromatic rings. The van der Waals surface area contributed by atoms with Crippen LogP contribution in [0.25, 0.3) is 0 Å². The van der Waals surface area contributed by atoms with Gasteiger partial charge >= 0.3 is 0 Å². The van der Waals surface area contributed by atoms with Gasteiger partial charge in [-0.05, 0) is 0 Å². The zero-order valence-electron chi connectivity index (χ0n) is 11.1. The van der Waals surface area contributed by atoms with E-state index in [-0.39, 0.29) is 25.0 Å². The predicted molar refractivity (Wildman–Crippen MR) is 75.5 cm³/mol. The van der Waals surface area contributed by atoms with Crippen molar-refractivity contribution in [3.05, 3.63) is 15.5 Å². The maximum atomic E-state index is 12.1. The van der Waals surface area contributed by atoms with Crippen molar-refractivity contribution in [2.45, 2.75) is 5.54 Å². The van der Waals surface area contributed by atoms with Crippen LogP contribution in [0, 0.1) is 0 Å². The number of carbonyl (C=O) groups is 2. The van der Waals surface area contributed by atoms with Crippen LogP contribution in [0.2, 0.25) is 4.47 Å². The van der Waals surface area contributed by atoms with Crippen LogP contribution >= 0.6 is 22.9 Å². The van der Waals surface area contributed by atoms with Crippen molar-refractivity contribution in [1.29, 1.82) is 0 Å². The van der Waals surface area contributed by atoms with Crippen LogP contribution in [0.5, 0.6) is 0 Å². The Labute approximate surface area is 130 Å². The number of rotatable bonds is 3. The molecule has 0 saturated carbocycles. The van der Waals surface area contributed by atoms with Crippen molar-refractivity contribution < 1.29 is 19.1 Å². The van der Waals surface area contributed by atoms with Gasteiger partial charge in [0.05, 0.1) is 26.0 Å². The highest BCUT2D eigenvalue weighted by molar-refractivity contribution is 7.17. The first-order valence-electron chi connectivity index (χ1n) is 6.46. The molecule has 2 aliphatic heterocycles. The molecule has 2 fully saturated rings. The summed E-state index contributed by atoms with van der Waals surface area (Å²) in [6.45, 7) is 2.08. The molecular formula is C12H14ClN3O4S. The number of carbonyl (C=O) groups excluding carboxylic acids is 2. The first-order valence-corrected chi connectivity index (χ1v) is 7.66. The number of ether oxygens (including phenoxy) is 2. The van der Waals surface area contributed by atoms with Crippen LogP contribution < -0.4 is 5.32 Å². The number of halogens is 1. The first kappa shape index (κ1) is 14.7. The lowest BCUT2D eigenvalue weighted by Gasteiger charge is -2.49. The summed E-state index contributed by atoms with van der Waals surface area (Å²) < 4.78 is 11.1. The highest BCUT2D eigenvalue weighted by Gasteiger charge is 2.45. The van der Waals surface area contributed by atoms with Crippen LogP contribution in [-0.4, -0.2) is 66.8 Å². The summed E-state index contributed by atoms with van der Waals surface area (Å²) in [6, 6.07) is 0. The van der Waals surface area contributed by atoms with E-state index in [4.69, 9.17) is 21.1 Å². The molecule has 114 valence electrons. The maximum Gasteiger partial charge on any atom is 0.263 e. The van der Waals surface area contributed by atoms with E-state index in [1.54, 1.807) is 4.90 Å². The molecule has 1 atom stereocenters. The van der Waals surface area contributed by atoms with Crippen molar-refractivity contribution in [2.75, 3.05) is 39.5 Å². The quantitative estimate of drug-likeness (QED) is 0.853. The smallest absolute Gasteiger partial charge is 0.263 e. The molecule has 9 heteroatoms. The summed E-state index contributed by atoms with van der Waals surface area (Å²) in [5.41, 5.74) is -0.627. The molecular weight excluding hydrogens is 318 g/mol. The van der Waals surface area contributed by atoms with Gasteiger partial charge in [-0.25, -0.2) is 4.98 Å². The van der Waals surface area contributed by atoms with Crippen LogP contribution in [0.1, 0.15) is 9.67 Å². The molecule has 3 rings (SSSR count). The zero-order valence-corrected chi connectivity index (χ0v) is 12.7. The number of hydrogen-bond donors (Lipinski definition) is 1. The van der Waals surface area contributed by atoms with Crippen LogP contribution in [0.15, 0.2) is 6.20 Å². The third kappa shape index (κ3) is 2.89. The lowest BCUT2D eigenvalue weighted by molar-refractivity contribution is -0.176. The number of thiazole rings is 1. The molecule has 2 aliphatic rings. The van der Waals surface area contributed by atoms with Gasteiger partial charge in [-0.3, -0.25) is 9.59 Å². The Morgan fingerprint density at radius 2 is 2.33 bits per heavy atom. The highest BCUT2D eigenvalue weighted by Crippen LogP contribution is 2.24. The van der Waals surface area contributed by atoms with Crippen molar-refractivity contribution in [1.82, 2.24) is 15.2 Å². The van der Waals surface area contributed by atoms with E-state index in [0.717, 1.165) is 11.3 Å². The molecule has 0 radical (unpaired) electrons. The molecule has 0 aliphatic carbocycles. The topological polar surface area (TPSA) is 80.8 Å². The van der Waals surface area contributed by atoms with Gasteiger partial charge in [0.25, 0.3) is 5.91 Å². The summed E-state index contributed by atoms with van der Waals surface area (Å²) in [5.74, 6) is -0.336. The molecule has 21 heavy (non-hydrogen) atoms.